The predicted octanol–water partition coefficient (Wildman–Crippen LogP) is 3.98. The number of nitrogens with zero attached hydrogens (tertiary/aromatic N) is 2. The van der Waals surface area contributed by atoms with Crippen molar-refractivity contribution in [2.75, 3.05) is 27.2 Å². The van der Waals surface area contributed by atoms with E-state index >= 15 is 0 Å². The van der Waals surface area contributed by atoms with E-state index < -0.39 is 0 Å². The number of rotatable bonds is 5. The lowest BCUT2D eigenvalue weighted by Crippen LogP contribution is -2.55. The van der Waals surface area contributed by atoms with E-state index in [1.54, 1.807) is 7.11 Å². The van der Waals surface area contributed by atoms with E-state index in [-0.39, 0.29) is 12.0 Å². The minimum absolute atomic E-state index is 0.241. The minimum atomic E-state index is -0.326. The van der Waals surface area contributed by atoms with Crippen molar-refractivity contribution >= 4 is 10.9 Å². The van der Waals surface area contributed by atoms with Gasteiger partial charge in [-0.1, -0.05) is 30.3 Å². The first-order valence-corrected chi connectivity index (χ1v) is 11.4. The molecule has 1 fully saturated rings. The van der Waals surface area contributed by atoms with Gasteiger partial charge in [0.05, 0.1) is 19.3 Å². The summed E-state index contributed by atoms with van der Waals surface area (Å²) in [5, 5.41) is 12.0. The van der Waals surface area contributed by atoms with Crippen LogP contribution in [0.25, 0.3) is 10.9 Å². The molecule has 0 unspecified atom stereocenters. The SMILES string of the molecule is COc1ccc(CN(C)[C@H]2C[C@H]3c4[nH]c5ccccc5c4CCN3C[C@H]2[C@H](C)O)cc1. The number of hydrogen-bond acceptors (Lipinski definition) is 4. The molecule has 0 spiro atoms. The van der Waals surface area contributed by atoms with Gasteiger partial charge in [-0.25, -0.2) is 0 Å². The van der Waals surface area contributed by atoms with Crippen LogP contribution in [-0.2, 0) is 13.0 Å². The summed E-state index contributed by atoms with van der Waals surface area (Å²) in [6.45, 7) is 4.83. The van der Waals surface area contributed by atoms with E-state index in [9.17, 15) is 5.11 Å². The molecule has 1 aromatic heterocycles. The van der Waals surface area contributed by atoms with Crippen molar-refractivity contribution in [2.45, 2.75) is 44.5 Å². The molecule has 5 nitrogen and oxygen atoms in total. The van der Waals surface area contributed by atoms with Crippen molar-refractivity contribution in [1.82, 2.24) is 14.8 Å². The first kappa shape index (κ1) is 20.6. The third-order valence-electron chi connectivity index (χ3n) is 7.45. The highest BCUT2D eigenvalue weighted by molar-refractivity contribution is 5.85. The highest BCUT2D eigenvalue weighted by atomic mass is 16.5. The molecule has 5 rings (SSSR count). The van der Waals surface area contributed by atoms with Crippen LogP contribution in [0.4, 0.5) is 0 Å². The Morgan fingerprint density at radius 2 is 1.97 bits per heavy atom. The minimum Gasteiger partial charge on any atom is -0.497 e. The van der Waals surface area contributed by atoms with Gasteiger partial charge in [0.1, 0.15) is 5.75 Å². The molecule has 0 bridgehead atoms. The van der Waals surface area contributed by atoms with Gasteiger partial charge in [0.15, 0.2) is 0 Å². The van der Waals surface area contributed by atoms with Crippen molar-refractivity contribution in [3.63, 3.8) is 0 Å². The Balaban J connectivity index is 1.42. The number of H-pyrrole nitrogens is 1. The Kier molecular flexibility index (Phi) is 5.51. The molecule has 4 atom stereocenters. The molecule has 2 N–H and O–H groups in total. The molecule has 31 heavy (non-hydrogen) atoms. The first-order valence-electron chi connectivity index (χ1n) is 11.4. The Morgan fingerprint density at radius 3 is 2.71 bits per heavy atom. The van der Waals surface area contributed by atoms with E-state index in [1.807, 2.05) is 19.1 Å². The topological polar surface area (TPSA) is 51.7 Å². The second-order valence-corrected chi connectivity index (χ2v) is 9.29. The third kappa shape index (κ3) is 3.75. The second-order valence-electron chi connectivity index (χ2n) is 9.29. The van der Waals surface area contributed by atoms with Crippen LogP contribution in [0.1, 0.15) is 36.2 Å². The highest BCUT2D eigenvalue weighted by Crippen LogP contribution is 2.42. The fraction of sp³-hybridized carbons (Fsp3) is 0.462. The van der Waals surface area contributed by atoms with Crippen molar-refractivity contribution in [3.05, 3.63) is 65.4 Å². The van der Waals surface area contributed by atoms with Crippen molar-refractivity contribution in [3.8, 4) is 5.75 Å². The first-order chi connectivity index (χ1) is 15.0. The second kappa shape index (κ2) is 8.30. The summed E-state index contributed by atoms with van der Waals surface area (Å²) in [6.07, 6.45) is 1.78. The molecule has 164 valence electrons. The lowest BCUT2D eigenvalue weighted by molar-refractivity contribution is -0.0315. The molecule has 2 aromatic carbocycles. The maximum absolute atomic E-state index is 10.7. The molecular weight excluding hydrogens is 386 g/mol. The fourth-order valence-electron chi connectivity index (χ4n) is 5.77. The number of aromatic nitrogens is 1. The maximum Gasteiger partial charge on any atom is 0.118 e. The fourth-order valence-corrected chi connectivity index (χ4v) is 5.77. The number of methoxy groups -OCH3 is 1. The molecule has 3 heterocycles. The molecule has 5 heteroatoms. The van der Waals surface area contributed by atoms with Crippen LogP contribution in [0, 0.1) is 5.92 Å². The molecule has 1 saturated heterocycles. The molecule has 3 aromatic rings. The smallest absolute Gasteiger partial charge is 0.118 e. The maximum atomic E-state index is 10.7. The zero-order valence-electron chi connectivity index (χ0n) is 18.7. The van der Waals surface area contributed by atoms with E-state index in [2.05, 4.69) is 58.2 Å². The summed E-state index contributed by atoms with van der Waals surface area (Å²) in [5.41, 5.74) is 5.39. The van der Waals surface area contributed by atoms with E-state index in [4.69, 9.17) is 4.74 Å². The van der Waals surface area contributed by atoms with Gasteiger partial charge in [-0.15, -0.1) is 0 Å². The zero-order valence-corrected chi connectivity index (χ0v) is 18.7. The van der Waals surface area contributed by atoms with Crippen LogP contribution in [0.5, 0.6) is 5.75 Å². The number of aliphatic hydroxyl groups is 1. The molecular formula is C26H33N3O2. The Bertz CT molecular complexity index is 1040. The van der Waals surface area contributed by atoms with Crippen LogP contribution in [-0.4, -0.2) is 59.3 Å². The summed E-state index contributed by atoms with van der Waals surface area (Å²) in [7, 11) is 3.90. The van der Waals surface area contributed by atoms with E-state index in [1.165, 1.54) is 27.7 Å². The molecule has 0 amide bonds. The number of benzene rings is 2. The average molecular weight is 420 g/mol. The number of ether oxygens (including phenoxy) is 1. The van der Waals surface area contributed by atoms with E-state index in [0.29, 0.717) is 12.1 Å². The van der Waals surface area contributed by atoms with Gasteiger partial charge in [0.25, 0.3) is 0 Å². The zero-order chi connectivity index (χ0) is 21.5. The Labute approximate surface area is 184 Å². The lowest BCUT2D eigenvalue weighted by Gasteiger charge is -2.49. The van der Waals surface area contributed by atoms with E-state index in [0.717, 1.165) is 38.2 Å². The largest absolute Gasteiger partial charge is 0.497 e. The molecule has 0 radical (unpaired) electrons. The number of aromatic amines is 1. The summed E-state index contributed by atoms with van der Waals surface area (Å²) in [4.78, 5) is 8.77. The summed E-state index contributed by atoms with van der Waals surface area (Å²) in [5.74, 6) is 1.13. The monoisotopic (exact) mass is 419 g/mol. The van der Waals surface area contributed by atoms with Crippen LogP contribution >= 0.6 is 0 Å². The molecule has 0 aliphatic carbocycles. The number of piperidine rings is 1. The van der Waals surface area contributed by atoms with Crippen molar-refractivity contribution in [2.24, 2.45) is 5.92 Å². The van der Waals surface area contributed by atoms with Gasteiger partial charge >= 0.3 is 0 Å². The number of para-hydroxylation sites is 1. The average Bonchev–Trinajstić information content (AvgIpc) is 3.17. The predicted molar refractivity (Wildman–Crippen MR) is 124 cm³/mol. The van der Waals surface area contributed by atoms with Gasteiger partial charge in [0, 0.05) is 48.2 Å². The van der Waals surface area contributed by atoms with Gasteiger partial charge in [-0.3, -0.25) is 9.80 Å². The van der Waals surface area contributed by atoms with Crippen molar-refractivity contribution in [1.29, 1.82) is 0 Å². The van der Waals surface area contributed by atoms with Crippen LogP contribution < -0.4 is 4.74 Å². The van der Waals surface area contributed by atoms with Crippen LogP contribution in [0.3, 0.4) is 0 Å². The summed E-state index contributed by atoms with van der Waals surface area (Å²) in [6, 6.07) is 17.7. The van der Waals surface area contributed by atoms with Gasteiger partial charge < -0.3 is 14.8 Å². The number of hydrogen-bond donors (Lipinski definition) is 2. The van der Waals surface area contributed by atoms with Crippen LogP contribution in [0.2, 0.25) is 0 Å². The standard InChI is InChI=1S/C26H33N3O2/c1-17(30)22-16-29-13-12-21-20-6-4-5-7-23(20)27-26(21)25(29)14-24(22)28(2)15-18-8-10-19(31-3)11-9-18/h4-11,17,22,24-25,27,30H,12-16H2,1-3H3/t17-,22-,24-,25-/m0/s1. The molecule has 2 aliphatic heterocycles. The number of fused-ring (bicyclic) bond motifs is 5. The summed E-state index contributed by atoms with van der Waals surface area (Å²) >= 11 is 0. The molecule has 0 saturated carbocycles. The highest BCUT2D eigenvalue weighted by Gasteiger charge is 2.43. The lowest BCUT2D eigenvalue weighted by atomic mass is 9.80. The summed E-state index contributed by atoms with van der Waals surface area (Å²) < 4.78 is 5.30. The van der Waals surface area contributed by atoms with Crippen molar-refractivity contribution < 1.29 is 9.84 Å². The normalized spacial score (nSPS) is 24.7. The van der Waals surface area contributed by atoms with Crippen LogP contribution in [0.15, 0.2) is 48.5 Å². The Morgan fingerprint density at radius 1 is 1.19 bits per heavy atom. The number of nitrogens with one attached hydrogen (secondary N) is 1. The van der Waals surface area contributed by atoms with Gasteiger partial charge in [-0.2, -0.15) is 0 Å². The van der Waals surface area contributed by atoms with Gasteiger partial charge in [0.2, 0.25) is 0 Å². The number of aliphatic hydroxyl groups excluding tert-OH is 1. The quantitative estimate of drug-likeness (QED) is 0.657. The Hall–Kier alpha value is -2.34. The van der Waals surface area contributed by atoms with Gasteiger partial charge in [-0.05, 0) is 56.1 Å². The molecule has 2 aliphatic rings. The third-order valence-corrected chi connectivity index (χ3v) is 7.45.